The number of piperazine rings is 1. The Morgan fingerprint density at radius 1 is 1.03 bits per heavy atom. The highest BCUT2D eigenvalue weighted by Crippen LogP contribution is 2.29. The zero-order valence-electron chi connectivity index (χ0n) is 18.3. The van der Waals surface area contributed by atoms with Crippen molar-refractivity contribution in [3.8, 4) is 6.07 Å². The number of anilines is 1. The first-order valence-electron chi connectivity index (χ1n) is 11.1. The van der Waals surface area contributed by atoms with Crippen LogP contribution in [0.3, 0.4) is 0 Å². The summed E-state index contributed by atoms with van der Waals surface area (Å²) in [4.78, 5) is 18.4. The van der Waals surface area contributed by atoms with Crippen molar-refractivity contribution in [1.29, 1.82) is 5.26 Å². The van der Waals surface area contributed by atoms with Crippen LogP contribution in [0.5, 0.6) is 0 Å². The van der Waals surface area contributed by atoms with Gasteiger partial charge in [-0.25, -0.2) is 0 Å². The van der Waals surface area contributed by atoms with Crippen LogP contribution in [0.25, 0.3) is 0 Å². The fourth-order valence-electron chi connectivity index (χ4n) is 3.89. The monoisotopic (exact) mass is 436 g/mol. The zero-order chi connectivity index (χ0) is 21.9. The lowest BCUT2D eigenvalue weighted by Crippen LogP contribution is -2.46. The van der Waals surface area contributed by atoms with Crippen LogP contribution in [0.2, 0.25) is 0 Å². The molecule has 1 heterocycles. The molecule has 1 fully saturated rings. The Kier molecular flexibility index (Phi) is 9.26. The van der Waals surface area contributed by atoms with Crippen molar-refractivity contribution in [2.24, 2.45) is 0 Å². The highest BCUT2D eigenvalue weighted by atomic mass is 32.2. The fraction of sp³-hybridized carbons (Fsp3) is 0.440. The van der Waals surface area contributed by atoms with Crippen molar-refractivity contribution in [1.82, 2.24) is 10.2 Å². The summed E-state index contributed by atoms with van der Waals surface area (Å²) in [7, 11) is 0. The number of para-hydroxylation sites is 1. The van der Waals surface area contributed by atoms with Crippen LogP contribution in [-0.4, -0.2) is 49.8 Å². The molecule has 1 saturated heterocycles. The van der Waals surface area contributed by atoms with Gasteiger partial charge in [0.25, 0.3) is 0 Å². The first-order chi connectivity index (χ1) is 15.2. The SMILES string of the molecule is CSc1ccccc1N1CCN(CCCCCC(=O)NCc2ccc(C#N)cc2)CC1. The van der Waals surface area contributed by atoms with Crippen molar-refractivity contribution >= 4 is 23.4 Å². The van der Waals surface area contributed by atoms with Crippen molar-refractivity contribution < 1.29 is 4.79 Å². The maximum Gasteiger partial charge on any atom is 0.220 e. The van der Waals surface area contributed by atoms with Gasteiger partial charge in [-0.1, -0.05) is 30.7 Å². The Hall–Kier alpha value is -2.49. The average Bonchev–Trinajstić information content (AvgIpc) is 2.83. The summed E-state index contributed by atoms with van der Waals surface area (Å²) in [5.41, 5.74) is 3.02. The summed E-state index contributed by atoms with van der Waals surface area (Å²) >= 11 is 1.82. The molecule has 0 spiro atoms. The third-order valence-electron chi connectivity index (χ3n) is 5.75. The molecule has 0 radical (unpaired) electrons. The molecule has 0 atom stereocenters. The van der Waals surface area contributed by atoms with E-state index in [9.17, 15) is 4.79 Å². The molecule has 2 aromatic carbocycles. The summed E-state index contributed by atoms with van der Waals surface area (Å²) in [6, 6.07) is 18.1. The van der Waals surface area contributed by atoms with Gasteiger partial charge < -0.3 is 10.2 Å². The van der Waals surface area contributed by atoms with E-state index in [1.54, 1.807) is 12.1 Å². The number of hydrogen-bond donors (Lipinski definition) is 1. The van der Waals surface area contributed by atoms with Gasteiger partial charge in [0, 0.05) is 44.0 Å². The molecule has 0 unspecified atom stereocenters. The molecule has 1 aliphatic heterocycles. The van der Waals surface area contributed by atoms with E-state index in [1.807, 2.05) is 23.9 Å². The topological polar surface area (TPSA) is 59.4 Å². The Balaban J connectivity index is 1.26. The molecule has 1 N–H and O–H groups in total. The second-order valence-corrected chi connectivity index (χ2v) is 8.74. The quantitative estimate of drug-likeness (QED) is 0.445. The Bertz CT molecular complexity index is 870. The maximum atomic E-state index is 12.0. The number of nitriles is 1. The summed E-state index contributed by atoms with van der Waals surface area (Å²) in [6.07, 6.45) is 5.88. The normalized spacial score (nSPS) is 14.3. The number of amides is 1. The Morgan fingerprint density at radius 2 is 1.77 bits per heavy atom. The number of benzene rings is 2. The summed E-state index contributed by atoms with van der Waals surface area (Å²) in [5.74, 6) is 0.102. The second kappa shape index (κ2) is 12.4. The van der Waals surface area contributed by atoms with Crippen molar-refractivity contribution in [3.63, 3.8) is 0 Å². The van der Waals surface area contributed by atoms with Gasteiger partial charge in [-0.05, 0) is 55.5 Å². The van der Waals surface area contributed by atoms with E-state index in [2.05, 4.69) is 51.7 Å². The number of thioether (sulfide) groups is 1. The van der Waals surface area contributed by atoms with E-state index < -0.39 is 0 Å². The molecule has 0 aliphatic carbocycles. The van der Waals surface area contributed by atoms with Gasteiger partial charge in [0.2, 0.25) is 5.91 Å². The number of carbonyl (C=O) groups excluding carboxylic acids is 1. The van der Waals surface area contributed by atoms with Gasteiger partial charge in [0.05, 0.1) is 17.3 Å². The first kappa shape index (κ1) is 23.2. The summed E-state index contributed by atoms with van der Waals surface area (Å²) in [6.45, 7) is 6.01. The fourth-order valence-corrected chi connectivity index (χ4v) is 4.51. The Morgan fingerprint density at radius 3 is 2.48 bits per heavy atom. The van der Waals surface area contributed by atoms with Crippen molar-refractivity contribution in [3.05, 3.63) is 59.7 Å². The number of nitrogens with one attached hydrogen (secondary N) is 1. The molecule has 3 rings (SSSR count). The minimum atomic E-state index is 0.102. The number of carbonyl (C=O) groups is 1. The third-order valence-corrected chi connectivity index (χ3v) is 6.53. The highest BCUT2D eigenvalue weighted by Gasteiger charge is 2.18. The molecule has 164 valence electrons. The highest BCUT2D eigenvalue weighted by molar-refractivity contribution is 7.98. The van der Waals surface area contributed by atoms with Crippen LogP contribution in [0.4, 0.5) is 5.69 Å². The van der Waals surface area contributed by atoms with Crippen molar-refractivity contribution in [2.75, 3.05) is 43.9 Å². The van der Waals surface area contributed by atoms with Gasteiger partial charge in [0.1, 0.15) is 0 Å². The lowest BCUT2D eigenvalue weighted by molar-refractivity contribution is -0.121. The number of unbranched alkanes of at least 4 members (excludes halogenated alkanes) is 2. The number of nitrogens with zero attached hydrogens (tertiary/aromatic N) is 3. The third kappa shape index (κ3) is 7.30. The molecular formula is C25H32N4OS. The molecular weight excluding hydrogens is 404 g/mol. The van der Waals surface area contributed by atoms with Crippen LogP contribution in [0.1, 0.15) is 36.8 Å². The molecule has 31 heavy (non-hydrogen) atoms. The van der Waals surface area contributed by atoms with Crippen LogP contribution in [-0.2, 0) is 11.3 Å². The van der Waals surface area contributed by atoms with Gasteiger partial charge >= 0.3 is 0 Å². The molecule has 0 bridgehead atoms. The predicted octanol–water partition coefficient (Wildman–Crippen LogP) is 4.28. The summed E-state index contributed by atoms with van der Waals surface area (Å²) in [5, 5.41) is 11.8. The average molecular weight is 437 g/mol. The van der Waals surface area contributed by atoms with Crippen LogP contribution in [0, 0.1) is 11.3 Å². The van der Waals surface area contributed by atoms with E-state index >= 15 is 0 Å². The van der Waals surface area contributed by atoms with Gasteiger partial charge in [-0.15, -0.1) is 11.8 Å². The van der Waals surface area contributed by atoms with E-state index in [0.717, 1.165) is 57.5 Å². The Labute approximate surface area is 190 Å². The zero-order valence-corrected chi connectivity index (χ0v) is 19.2. The number of rotatable bonds is 10. The van der Waals surface area contributed by atoms with Crippen LogP contribution in [0.15, 0.2) is 53.4 Å². The van der Waals surface area contributed by atoms with E-state index in [0.29, 0.717) is 18.5 Å². The molecule has 1 aliphatic rings. The van der Waals surface area contributed by atoms with Crippen LogP contribution < -0.4 is 10.2 Å². The molecule has 0 aromatic heterocycles. The molecule has 6 heteroatoms. The van der Waals surface area contributed by atoms with Crippen LogP contribution >= 0.6 is 11.8 Å². The van der Waals surface area contributed by atoms with Gasteiger partial charge in [-0.2, -0.15) is 5.26 Å². The molecule has 2 aromatic rings. The maximum absolute atomic E-state index is 12.0. The minimum absolute atomic E-state index is 0.102. The van der Waals surface area contributed by atoms with E-state index in [-0.39, 0.29) is 5.91 Å². The smallest absolute Gasteiger partial charge is 0.220 e. The standard InChI is InChI=1S/C25H32N4OS/c1-31-24-8-5-4-7-23(24)29-17-15-28(16-18-29)14-6-2-3-9-25(30)27-20-22-12-10-21(19-26)11-13-22/h4-5,7-8,10-13H,2-3,6,9,14-18,20H2,1H3,(H,27,30). The molecule has 5 nitrogen and oxygen atoms in total. The van der Waals surface area contributed by atoms with E-state index in [4.69, 9.17) is 5.26 Å². The summed E-state index contributed by atoms with van der Waals surface area (Å²) < 4.78 is 0. The van der Waals surface area contributed by atoms with Crippen molar-refractivity contribution in [2.45, 2.75) is 37.1 Å². The van der Waals surface area contributed by atoms with E-state index in [1.165, 1.54) is 10.6 Å². The second-order valence-electron chi connectivity index (χ2n) is 7.90. The molecule has 1 amide bonds. The lowest BCUT2D eigenvalue weighted by Gasteiger charge is -2.36. The lowest BCUT2D eigenvalue weighted by atomic mass is 10.1. The van der Waals surface area contributed by atoms with Gasteiger partial charge in [0.15, 0.2) is 0 Å². The largest absolute Gasteiger partial charge is 0.368 e. The number of hydrogen-bond acceptors (Lipinski definition) is 5. The predicted molar refractivity (Wildman–Crippen MR) is 128 cm³/mol. The molecule has 0 saturated carbocycles. The first-order valence-corrected chi connectivity index (χ1v) is 12.3. The van der Waals surface area contributed by atoms with Gasteiger partial charge in [-0.3, -0.25) is 9.69 Å². The minimum Gasteiger partial charge on any atom is -0.368 e.